The van der Waals surface area contributed by atoms with E-state index in [1.807, 2.05) is 12.1 Å². The molecular weight excluding hydrogens is 334 g/mol. The van der Waals surface area contributed by atoms with Gasteiger partial charge in [-0.1, -0.05) is 39.0 Å². The molecule has 1 aromatic heterocycles. The first-order valence-corrected chi connectivity index (χ1v) is 9.28. The molecule has 138 valence electrons. The fraction of sp³-hybridized carbons (Fsp3) is 0.304. The van der Waals surface area contributed by atoms with E-state index in [2.05, 4.69) is 80.9 Å². The lowest BCUT2D eigenvalue weighted by molar-refractivity contribution is 0.449. The van der Waals surface area contributed by atoms with Crippen LogP contribution in [0.4, 0.5) is 17.1 Å². The Morgan fingerprint density at radius 1 is 0.889 bits per heavy atom. The first-order chi connectivity index (χ1) is 12.8. The molecule has 0 saturated carbocycles. The molecule has 2 aromatic carbocycles. The van der Waals surface area contributed by atoms with E-state index in [1.54, 1.807) is 6.20 Å². The fourth-order valence-corrected chi connectivity index (χ4v) is 3.66. The molecule has 4 nitrogen and oxygen atoms in total. The van der Waals surface area contributed by atoms with Crippen LogP contribution in [0.5, 0.6) is 11.6 Å². The summed E-state index contributed by atoms with van der Waals surface area (Å²) in [5, 5.41) is 8.22. The lowest BCUT2D eigenvalue weighted by Gasteiger charge is -2.34. The van der Waals surface area contributed by atoms with Gasteiger partial charge in [0.1, 0.15) is 5.69 Å². The Kier molecular flexibility index (Phi) is 3.95. The molecule has 4 heteroatoms. The van der Waals surface area contributed by atoms with Crippen molar-refractivity contribution in [2.75, 3.05) is 4.90 Å². The Morgan fingerprint density at radius 3 is 2.26 bits per heavy atom. The van der Waals surface area contributed by atoms with Crippen molar-refractivity contribution in [3.63, 3.8) is 0 Å². The van der Waals surface area contributed by atoms with E-state index in [0.717, 1.165) is 17.1 Å². The second-order valence-corrected chi connectivity index (χ2v) is 8.34. The SMILES string of the molecule is Cc1ccc2c(c1)N(c1c(C)cc(C(C)(C)C)cc1C)c1ccnnc1O2. The molecule has 4 rings (SSSR count). The minimum atomic E-state index is 0.108. The quantitative estimate of drug-likeness (QED) is 0.401. The highest BCUT2D eigenvalue weighted by atomic mass is 16.5. The Hall–Kier alpha value is -2.88. The van der Waals surface area contributed by atoms with E-state index < -0.39 is 0 Å². The minimum absolute atomic E-state index is 0.108. The number of nitrogens with zero attached hydrogens (tertiary/aromatic N) is 3. The number of hydrogen-bond donors (Lipinski definition) is 0. The van der Waals surface area contributed by atoms with Crippen molar-refractivity contribution in [3.05, 3.63) is 64.8 Å². The number of fused-ring (bicyclic) bond motifs is 2. The Bertz CT molecular complexity index is 1010. The van der Waals surface area contributed by atoms with Gasteiger partial charge in [-0.25, -0.2) is 0 Å². The Balaban J connectivity index is 1.99. The van der Waals surface area contributed by atoms with Crippen LogP contribution in [0.25, 0.3) is 0 Å². The normalized spacial score (nSPS) is 13.0. The van der Waals surface area contributed by atoms with Crippen LogP contribution in [0.2, 0.25) is 0 Å². The van der Waals surface area contributed by atoms with Crippen LogP contribution in [-0.4, -0.2) is 10.2 Å². The summed E-state index contributed by atoms with van der Waals surface area (Å²) in [6, 6.07) is 12.8. The van der Waals surface area contributed by atoms with E-state index in [1.165, 1.54) is 27.9 Å². The van der Waals surface area contributed by atoms with Gasteiger partial charge < -0.3 is 9.64 Å². The van der Waals surface area contributed by atoms with Crippen molar-refractivity contribution in [1.29, 1.82) is 0 Å². The molecule has 1 aliphatic heterocycles. The van der Waals surface area contributed by atoms with Crippen molar-refractivity contribution >= 4 is 17.1 Å². The highest BCUT2D eigenvalue weighted by molar-refractivity contribution is 5.87. The number of aromatic nitrogens is 2. The second kappa shape index (κ2) is 6.08. The van der Waals surface area contributed by atoms with Gasteiger partial charge in [-0.05, 0) is 66.6 Å². The van der Waals surface area contributed by atoms with E-state index >= 15 is 0 Å². The van der Waals surface area contributed by atoms with Gasteiger partial charge in [-0.2, -0.15) is 5.10 Å². The highest BCUT2D eigenvalue weighted by Gasteiger charge is 2.29. The number of anilines is 3. The monoisotopic (exact) mass is 359 g/mol. The van der Waals surface area contributed by atoms with Crippen molar-refractivity contribution in [2.24, 2.45) is 0 Å². The second-order valence-electron chi connectivity index (χ2n) is 8.34. The van der Waals surface area contributed by atoms with Gasteiger partial charge in [-0.3, -0.25) is 0 Å². The first kappa shape index (κ1) is 17.5. The van der Waals surface area contributed by atoms with Crippen molar-refractivity contribution < 1.29 is 4.74 Å². The lowest BCUT2D eigenvalue weighted by atomic mass is 9.84. The van der Waals surface area contributed by atoms with E-state index in [4.69, 9.17) is 4.74 Å². The molecular formula is C23H25N3O. The third-order valence-electron chi connectivity index (χ3n) is 5.05. The predicted octanol–water partition coefficient (Wildman–Crippen LogP) is 6.27. The van der Waals surface area contributed by atoms with Gasteiger partial charge in [0.25, 0.3) is 5.88 Å². The summed E-state index contributed by atoms with van der Waals surface area (Å²) < 4.78 is 6.03. The zero-order chi connectivity index (χ0) is 19.3. The summed E-state index contributed by atoms with van der Waals surface area (Å²) in [6.07, 6.45) is 1.71. The molecule has 0 saturated heterocycles. The average Bonchev–Trinajstić information content (AvgIpc) is 2.60. The molecule has 0 radical (unpaired) electrons. The van der Waals surface area contributed by atoms with Crippen LogP contribution in [0.3, 0.4) is 0 Å². The van der Waals surface area contributed by atoms with Crippen molar-refractivity contribution in [2.45, 2.75) is 47.0 Å². The third-order valence-corrected chi connectivity index (χ3v) is 5.05. The molecule has 0 aliphatic carbocycles. The van der Waals surface area contributed by atoms with Crippen LogP contribution in [0, 0.1) is 20.8 Å². The number of benzene rings is 2. The standard InChI is InChI=1S/C23H25N3O/c1-14-7-8-20-19(11-14)26(18-9-10-24-25-22(18)27-20)21-15(2)12-17(13-16(21)3)23(4,5)6/h7-13H,1-6H3. The zero-order valence-electron chi connectivity index (χ0n) is 16.8. The van der Waals surface area contributed by atoms with E-state index in [9.17, 15) is 0 Å². The maximum Gasteiger partial charge on any atom is 0.263 e. The predicted molar refractivity (Wildman–Crippen MR) is 110 cm³/mol. The maximum atomic E-state index is 6.03. The maximum absolute atomic E-state index is 6.03. The third kappa shape index (κ3) is 2.95. The van der Waals surface area contributed by atoms with Crippen LogP contribution < -0.4 is 9.64 Å². The molecule has 2 heterocycles. The van der Waals surface area contributed by atoms with Crippen LogP contribution in [-0.2, 0) is 5.41 Å². The minimum Gasteiger partial charge on any atom is -0.434 e. The molecule has 0 atom stereocenters. The van der Waals surface area contributed by atoms with Gasteiger partial charge in [-0.15, -0.1) is 5.10 Å². The zero-order valence-corrected chi connectivity index (χ0v) is 16.8. The topological polar surface area (TPSA) is 38.2 Å². The Labute approximate surface area is 160 Å². The van der Waals surface area contributed by atoms with E-state index in [-0.39, 0.29) is 5.41 Å². The fourth-order valence-electron chi connectivity index (χ4n) is 3.66. The van der Waals surface area contributed by atoms with Crippen LogP contribution >= 0.6 is 0 Å². The number of aryl methyl sites for hydroxylation is 3. The van der Waals surface area contributed by atoms with Crippen molar-refractivity contribution in [3.8, 4) is 11.6 Å². The van der Waals surface area contributed by atoms with Crippen LogP contribution in [0.1, 0.15) is 43.0 Å². The molecule has 0 spiro atoms. The molecule has 3 aromatic rings. The molecule has 0 N–H and O–H groups in total. The van der Waals surface area contributed by atoms with Gasteiger partial charge in [0.05, 0.1) is 17.6 Å². The van der Waals surface area contributed by atoms with Crippen molar-refractivity contribution in [1.82, 2.24) is 10.2 Å². The Morgan fingerprint density at radius 2 is 1.59 bits per heavy atom. The van der Waals surface area contributed by atoms with Gasteiger partial charge >= 0.3 is 0 Å². The molecule has 0 bridgehead atoms. The summed E-state index contributed by atoms with van der Waals surface area (Å²) in [5.74, 6) is 1.33. The van der Waals surface area contributed by atoms with Crippen LogP contribution in [0.15, 0.2) is 42.6 Å². The van der Waals surface area contributed by atoms with E-state index in [0.29, 0.717) is 5.88 Å². The summed E-state index contributed by atoms with van der Waals surface area (Å²) in [6.45, 7) is 13.2. The van der Waals surface area contributed by atoms with Gasteiger partial charge in [0.15, 0.2) is 5.75 Å². The first-order valence-electron chi connectivity index (χ1n) is 9.28. The summed E-state index contributed by atoms with van der Waals surface area (Å²) in [7, 11) is 0. The lowest BCUT2D eigenvalue weighted by Crippen LogP contribution is -2.20. The summed E-state index contributed by atoms with van der Waals surface area (Å²) >= 11 is 0. The number of rotatable bonds is 1. The smallest absolute Gasteiger partial charge is 0.263 e. The molecule has 0 unspecified atom stereocenters. The van der Waals surface area contributed by atoms with Gasteiger partial charge in [0.2, 0.25) is 0 Å². The number of hydrogen-bond acceptors (Lipinski definition) is 4. The molecule has 0 fully saturated rings. The summed E-state index contributed by atoms with van der Waals surface area (Å²) in [5.41, 5.74) is 8.22. The molecule has 27 heavy (non-hydrogen) atoms. The molecule has 0 amide bonds. The largest absolute Gasteiger partial charge is 0.434 e. The molecule has 1 aliphatic rings. The highest BCUT2D eigenvalue weighted by Crippen LogP contribution is 2.51. The number of ether oxygens (including phenoxy) is 1. The average molecular weight is 359 g/mol. The summed E-state index contributed by atoms with van der Waals surface area (Å²) in [4.78, 5) is 2.26. The van der Waals surface area contributed by atoms with Gasteiger partial charge in [0, 0.05) is 0 Å².